The molecule has 0 aromatic heterocycles. The van der Waals surface area contributed by atoms with Gasteiger partial charge in [-0.15, -0.1) is 0 Å². The fraction of sp³-hybridized carbons (Fsp3) is 0.214. The zero-order valence-electron chi connectivity index (χ0n) is 21.1. The first kappa shape index (κ1) is 27.3. The number of fused-ring (bicyclic) bond motifs is 1. The van der Waals surface area contributed by atoms with Gasteiger partial charge in [0, 0.05) is 18.9 Å². The number of carbonyl (C=O) groups is 2. The lowest BCUT2D eigenvalue weighted by Gasteiger charge is -2.26. The summed E-state index contributed by atoms with van der Waals surface area (Å²) in [5, 5.41) is 14.9. The molecule has 10 nitrogen and oxygen atoms in total. The van der Waals surface area contributed by atoms with Gasteiger partial charge in [-0.25, -0.2) is 9.18 Å². The first-order valence-corrected chi connectivity index (χ1v) is 12.0. The normalized spacial score (nSPS) is 13.6. The van der Waals surface area contributed by atoms with Crippen molar-refractivity contribution in [1.29, 1.82) is 0 Å². The third-order valence-electron chi connectivity index (χ3n) is 5.90. The van der Waals surface area contributed by atoms with Crippen LogP contribution in [0, 0.1) is 5.82 Å². The number of carbonyl (C=O) groups excluding carboxylic acids is 2. The maximum atomic E-state index is 14.2. The number of nitrogens with one attached hydrogen (secondary N) is 2. The molecular formula is C28H28FN3O7. The van der Waals surface area contributed by atoms with Gasteiger partial charge in [-0.05, 0) is 60.9 Å². The lowest BCUT2D eigenvalue weighted by atomic mass is 10.00. The van der Waals surface area contributed by atoms with E-state index < -0.39 is 29.9 Å². The first-order valence-electron chi connectivity index (χ1n) is 12.0. The number of phenolic OH excluding ortho intramolecular Hbond substituents is 1. The number of allylic oxidation sites excluding steroid dienone is 1. The van der Waals surface area contributed by atoms with Crippen LogP contribution < -0.4 is 25.8 Å². The summed E-state index contributed by atoms with van der Waals surface area (Å²) in [5.74, 6) is -0.739. The zero-order chi connectivity index (χ0) is 27.8. The van der Waals surface area contributed by atoms with Crippen LogP contribution in [0.15, 0.2) is 72.8 Å². The van der Waals surface area contributed by atoms with E-state index in [1.807, 2.05) is 0 Å². The standard InChI is InChI=1S/C28H28FN3O7/c1-36-24(8-4-5-9-26(34)32-21-7-3-2-6-20(21)30)27(17-10-12-22(33)19(29)14-17)39-28(35)31-18-11-13-23-25(15-18)38-16-37-23/h2-3,5-7,9-15,24,27,33H,4,8,16,30H2,1H3,(H,31,35)(H,32,34)/b9-5+/t24-,27-/m0/s1. The quantitative estimate of drug-likeness (QED) is 0.206. The fourth-order valence-corrected chi connectivity index (χ4v) is 3.92. The van der Waals surface area contributed by atoms with Crippen LogP contribution >= 0.6 is 0 Å². The van der Waals surface area contributed by atoms with Gasteiger partial charge >= 0.3 is 6.09 Å². The van der Waals surface area contributed by atoms with Crippen molar-refractivity contribution in [3.63, 3.8) is 0 Å². The van der Waals surface area contributed by atoms with Crippen molar-refractivity contribution in [3.8, 4) is 17.2 Å². The highest BCUT2D eigenvalue weighted by atomic mass is 19.1. The van der Waals surface area contributed by atoms with E-state index in [-0.39, 0.29) is 18.3 Å². The average Bonchev–Trinajstić information content (AvgIpc) is 3.39. The molecular weight excluding hydrogens is 509 g/mol. The Kier molecular flexibility index (Phi) is 8.85. The zero-order valence-corrected chi connectivity index (χ0v) is 21.1. The molecule has 3 aromatic carbocycles. The van der Waals surface area contributed by atoms with Gasteiger partial charge < -0.3 is 35.1 Å². The van der Waals surface area contributed by atoms with Crippen LogP contribution in [0.4, 0.5) is 26.2 Å². The van der Waals surface area contributed by atoms with E-state index in [2.05, 4.69) is 10.6 Å². The minimum atomic E-state index is -1.04. The van der Waals surface area contributed by atoms with Gasteiger partial charge in [0.1, 0.15) is 0 Å². The SMILES string of the molecule is CO[C@@H](CC/C=C/C(=O)Nc1ccccc1N)[C@@H](OC(=O)Nc1ccc2c(c1)OCO2)c1ccc(O)c(F)c1. The summed E-state index contributed by atoms with van der Waals surface area (Å²) >= 11 is 0. The molecule has 0 unspecified atom stereocenters. The molecule has 0 bridgehead atoms. The van der Waals surface area contributed by atoms with E-state index in [0.717, 1.165) is 6.07 Å². The summed E-state index contributed by atoms with van der Waals surface area (Å²) in [6.07, 6.45) is 1.13. The summed E-state index contributed by atoms with van der Waals surface area (Å²) < 4.78 is 36.0. The lowest BCUT2D eigenvalue weighted by Crippen LogP contribution is -2.28. The second-order valence-corrected chi connectivity index (χ2v) is 8.56. The van der Waals surface area contributed by atoms with Crippen LogP contribution in [-0.2, 0) is 14.3 Å². The summed E-state index contributed by atoms with van der Waals surface area (Å²) in [7, 11) is 1.43. The van der Waals surface area contributed by atoms with Gasteiger partial charge in [-0.1, -0.05) is 24.3 Å². The second-order valence-electron chi connectivity index (χ2n) is 8.56. The number of aromatic hydroxyl groups is 1. The minimum absolute atomic E-state index is 0.0870. The molecule has 1 aliphatic rings. The van der Waals surface area contributed by atoms with E-state index in [1.54, 1.807) is 48.5 Å². The van der Waals surface area contributed by atoms with Crippen LogP contribution in [0.3, 0.4) is 0 Å². The summed E-state index contributed by atoms with van der Waals surface area (Å²) in [5.41, 5.74) is 7.47. The molecule has 0 saturated carbocycles. The Morgan fingerprint density at radius 2 is 1.90 bits per heavy atom. The van der Waals surface area contributed by atoms with Gasteiger partial charge in [-0.3, -0.25) is 10.1 Å². The Balaban J connectivity index is 1.42. The molecule has 4 rings (SSSR count). The molecule has 1 heterocycles. The monoisotopic (exact) mass is 537 g/mol. The van der Waals surface area contributed by atoms with E-state index in [4.69, 9.17) is 24.7 Å². The Bertz CT molecular complexity index is 1360. The molecule has 5 N–H and O–H groups in total. The van der Waals surface area contributed by atoms with E-state index in [9.17, 15) is 19.1 Å². The van der Waals surface area contributed by atoms with Crippen molar-refractivity contribution in [2.75, 3.05) is 30.3 Å². The van der Waals surface area contributed by atoms with Crippen molar-refractivity contribution in [2.45, 2.75) is 25.0 Å². The number of rotatable bonds is 10. The second kappa shape index (κ2) is 12.7. The van der Waals surface area contributed by atoms with Gasteiger partial charge in [0.2, 0.25) is 12.7 Å². The van der Waals surface area contributed by atoms with Crippen molar-refractivity contribution in [1.82, 2.24) is 0 Å². The summed E-state index contributed by atoms with van der Waals surface area (Å²) in [6, 6.07) is 15.4. The number of anilines is 3. The molecule has 11 heteroatoms. The predicted molar refractivity (Wildman–Crippen MR) is 142 cm³/mol. The van der Waals surface area contributed by atoms with Gasteiger partial charge in [0.25, 0.3) is 0 Å². The maximum absolute atomic E-state index is 14.2. The number of amides is 2. The van der Waals surface area contributed by atoms with E-state index in [1.165, 1.54) is 25.3 Å². The van der Waals surface area contributed by atoms with Crippen LogP contribution in [0.2, 0.25) is 0 Å². The minimum Gasteiger partial charge on any atom is -0.505 e. The van der Waals surface area contributed by atoms with E-state index in [0.29, 0.717) is 41.4 Å². The molecule has 1 aliphatic heterocycles. The van der Waals surface area contributed by atoms with Gasteiger partial charge in [0.05, 0.1) is 17.5 Å². The first-order chi connectivity index (χ1) is 18.8. The third kappa shape index (κ3) is 7.17. The number of hydrogen-bond donors (Lipinski definition) is 4. The number of nitrogen functional groups attached to an aromatic ring is 1. The number of benzene rings is 3. The number of ether oxygens (including phenoxy) is 4. The lowest BCUT2D eigenvalue weighted by molar-refractivity contribution is -0.111. The number of phenols is 1. The Hall–Kier alpha value is -4.77. The summed E-state index contributed by atoms with van der Waals surface area (Å²) in [4.78, 5) is 25.1. The van der Waals surface area contributed by atoms with Crippen LogP contribution in [-0.4, -0.2) is 37.1 Å². The molecule has 2 amide bonds. The van der Waals surface area contributed by atoms with Crippen molar-refractivity contribution < 1.29 is 38.0 Å². The number of methoxy groups -OCH3 is 1. The Labute approximate surface area is 224 Å². The highest BCUT2D eigenvalue weighted by Crippen LogP contribution is 2.35. The smallest absolute Gasteiger partial charge is 0.412 e. The molecule has 2 atom stereocenters. The maximum Gasteiger partial charge on any atom is 0.412 e. The third-order valence-corrected chi connectivity index (χ3v) is 5.90. The molecule has 0 fully saturated rings. The van der Waals surface area contributed by atoms with Crippen LogP contribution in [0.1, 0.15) is 24.5 Å². The van der Waals surface area contributed by atoms with Crippen molar-refractivity contribution >= 4 is 29.1 Å². The molecule has 0 saturated heterocycles. The molecule has 0 spiro atoms. The Morgan fingerprint density at radius 1 is 1.10 bits per heavy atom. The fourth-order valence-electron chi connectivity index (χ4n) is 3.92. The van der Waals surface area contributed by atoms with E-state index >= 15 is 0 Å². The van der Waals surface area contributed by atoms with Crippen molar-refractivity contribution in [3.05, 3.63) is 84.2 Å². The molecule has 0 radical (unpaired) electrons. The molecule has 39 heavy (non-hydrogen) atoms. The number of para-hydroxylation sites is 2. The number of hydrogen-bond acceptors (Lipinski definition) is 8. The molecule has 204 valence electrons. The van der Waals surface area contributed by atoms with Crippen LogP contribution in [0.25, 0.3) is 0 Å². The summed E-state index contributed by atoms with van der Waals surface area (Å²) in [6.45, 7) is 0.0870. The molecule has 3 aromatic rings. The highest BCUT2D eigenvalue weighted by Gasteiger charge is 2.28. The molecule has 0 aliphatic carbocycles. The predicted octanol–water partition coefficient (Wildman–Crippen LogP) is 5.12. The van der Waals surface area contributed by atoms with Gasteiger partial charge in [-0.2, -0.15) is 0 Å². The topological polar surface area (TPSA) is 141 Å². The highest BCUT2D eigenvalue weighted by molar-refractivity contribution is 6.01. The van der Waals surface area contributed by atoms with Gasteiger partial charge in [0.15, 0.2) is 29.2 Å². The Morgan fingerprint density at radius 3 is 2.67 bits per heavy atom. The average molecular weight is 538 g/mol. The number of halogens is 1. The van der Waals surface area contributed by atoms with Crippen molar-refractivity contribution in [2.24, 2.45) is 0 Å². The van der Waals surface area contributed by atoms with Crippen LogP contribution in [0.5, 0.6) is 17.2 Å². The number of nitrogens with two attached hydrogens (primary N) is 1. The largest absolute Gasteiger partial charge is 0.505 e.